The van der Waals surface area contributed by atoms with Gasteiger partial charge in [0.05, 0.1) is 0 Å². The highest BCUT2D eigenvalue weighted by Crippen LogP contribution is 2.37. The van der Waals surface area contributed by atoms with Gasteiger partial charge in [-0.05, 0) is 51.0 Å². The van der Waals surface area contributed by atoms with Crippen LogP contribution in [-0.2, 0) is 19.5 Å². The number of hydrogen-bond donors (Lipinski definition) is 1. The van der Waals surface area contributed by atoms with E-state index in [1.54, 1.807) is 0 Å². The maximum atomic E-state index is 3.58. The van der Waals surface area contributed by atoms with Gasteiger partial charge in [0.25, 0.3) is 0 Å². The molecule has 0 saturated heterocycles. The fourth-order valence-corrected chi connectivity index (χ4v) is 4.04. The third-order valence-electron chi connectivity index (χ3n) is 3.84. The molecule has 2 nitrogen and oxygen atoms in total. The molecule has 1 aliphatic rings. The van der Waals surface area contributed by atoms with Crippen LogP contribution >= 0.6 is 11.8 Å². The Kier molecular flexibility index (Phi) is 4.14. The summed E-state index contributed by atoms with van der Waals surface area (Å²) in [6.07, 6.45) is 3.40. The Hall–Kier alpha value is -1.19. The van der Waals surface area contributed by atoms with E-state index in [1.807, 2.05) is 11.8 Å². The van der Waals surface area contributed by atoms with Crippen molar-refractivity contribution < 1.29 is 0 Å². The summed E-state index contributed by atoms with van der Waals surface area (Å²) in [6, 6.07) is 13.2. The summed E-state index contributed by atoms with van der Waals surface area (Å²) in [5.41, 5.74) is 3.04. The van der Waals surface area contributed by atoms with Crippen molar-refractivity contribution in [3.05, 3.63) is 53.9 Å². The van der Waals surface area contributed by atoms with Crippen molar-refractivity contribution in [1.29, 1.82) is 0 Å². The second-order valence-corrected chi connectivity index (χ2v) is 8.15. The van der Waals surface area contributed by atoms with Crippen LogP contribution in [0.2, 0.25) is 0 Å². The molecule has 21 heavy (non-hydrogen) atoms. The van der Waals surface area contributed by atoms with Crippen molar-refractivity contribution in [3.8, 4) is 0 Å². The number of nitrogens with one attached hydrogen (secondary N) is 1. The van der Waals surface area contributed by atoms with Crippen molar-refractivity contribution in [2.45, 2.75) is 56.0 Å². The van der Waals surface area contributed by atoms with E-state index >= 15 is 0 Å². The van der Waals surface area contributed by atoms with Crippen LogP contribution in [0.4, 0.5) is 0 Å². The van der Waals surface area contributed by atoms with E-state index in [0.717, 1.165) is 13.1 Å². The molecule has 112 valence electrons. The number of benzene rings is 1. The first-order valence-electron chi connectivity index (χ1n) is 7.65. The molecule has 3 rings (SSSR count). The molecule has 1 aromatic carbocycles. The molecule has 0 amide bonds. The van der Waals surface area contributed by atoms with Gasteiger partial charge in [-0.3, -0.25) is 0 Å². The number of hydrogen-bond acceptors (Lipinski definition) is 2. The lowest BCUT2D eigenvalue weighted by molar-refractivity contribution is 0.415. The molecule has 3 heteroatoms. The molecule has 0 spiro atoms. The largest absolute Gasteiger partial charge is 0.349 e. The zero-order chi connectivity index (χ0) is 14.9. The van der Waals surface area contributed by atoms with Crippen LogP contribution in [0.25, 0.3) is 0 Å². The Labute approximate surface area is 131 Å². The highest BCUT2D eigenvalue weighted by molar-refractivity contribution is 8.00. The topological polar surface area (TPSA) is 17.0 Å². The van der Waals surface area contributed by atoms with Gasteiger partial charge in [0.15, 0.2) is 0 Å². The van der Waals surface area contributed by atoms with Crippen molar-refractivity contribution >= 4 is 11.8 Å². The third kappa shape index (κ3) is 3.72. The first kappa shape index (κ1) is 14.7. The Balaban J connectivity index is 1.63. The van der Waals surface area contributed by atoms with Crippen LogP contribution in [0.3, 0.4) is 0 Å². The molecule has 1 aliphatic heterocycles. The Bertz CT molecular complexity index is 585. The summed E-state index contributed by atoms with van der Waals surface area (Å²) in [5, 5.41) is 4.23. The molecule has 0 bridgehead atoms. The second kappa shape index (κ2) is 5.90. The molecule has 2 heterocycles. The van der Waals surface area contributed by atoms with Gasteiger partial charge < -0.3 is 9.88 Å². The highest BCUT2D eigenvalue weighted by atomic mass is 32.2. The van der Waals surface area contributed by atoms with E-state index in [1.165, 1.54) is 22.6 Å². The summed E-state index contributed by atoms with van der Waals surface area (Å²) < 4.78 is 2.41. The van der Waals surface area contributed by atoms with Crippen molar-refractivity contribution in [2.24, 2.45) is 0 Å². The van der Waals surface area contributed by atoms with Gasteiger partial charge in [0.1, 0.15) is 0 Å². The van der Waals surface area contributed by atoms with Crippen LogP contribution in [0.5, 0.6) is 0 Å². The van der Waals surface area contributed by atoms with Crippen molar-refractivity contribution in [3.63, 3.8) is 0 Å². The summed E-state index contributed by atoms with van der Waals surface area (Å²) >= 11 is 2.03. The first-order chi connectivity index (χ1) is 10.0. The predicted molar refractivity (Wildman–Crippen MR) is 90.8 cm³/mol. The summed E-state index contributed by atoms with van der Waals surface area (Å²) in [6.45, 7) is 8.66. The molecule has 1 unspecified atom stereocenters. The summed E-state index contributed by atoms with van der Waals surface area (Å²) in [4.78, 5) is 1.46. The minimum Gasteiger partial charge on any atom is -0.349 e. The molecule has 1 N–H and O–H groups in total. The predicted octanol–water partition coefficient (Wildman–Crippen LogP) is 4.09. The lowest BCUT2D eigenvalue weighted by Gasteiger charge is -2.22. The van der Waals surface area contributed by atoms with Crippen LogP contribution in [0.15, 0.2) is 47.5 Å². The molecular formula is C18H24N2S. The summed E-state index contributed by atoms with van der Waals surface area (Å²) in [5.74, 6) is 0. The van der Waals surface area contributed by atoms with Crippen molar-refractivity contribution in [2.75, 3.05) is 0 Å². The summed E-state index contributed by atoms with van der Waals surface area (Å²) in [7, 11) is 0. The Morgan fingerprint density at radius 2 is 2.00 bits per heavy atom. The average Bonchev–Trinajstić information content (AvgIpc) is 3.01. The lowest BCUT2D eigenvalue weighted by Crippen LogP contribution is -2.35. The lowest BCUT2D eigenvalue weighted by atomic mass is 10.1. The number of thioether (sulfide) groups is 1. The van der Waals surface area contributed by atoms with Gasteiger partial charge in [0.2, 0.25) is 0 Å². The SMILES string of the molecule is CC(C)(C)NCc1cccn1CC1Cc2ccccc2S1. The molecule has 1 atom stereocenters. The normalized spacial score (nSPS) is 18.0. The minimum atomic E-state index is 0.160. The number of nitrogens with zero attached hydrogens (tertiary/aromatic N) is 1. The average molecular weight is 300 g/mol. The highest BCUT2D eigenvalue weighted by Gasteiger charge is 2.22. The maximum Gasteiger partial charge on any atom is 0.0363 e. The van der Waals surface area contributed by atoms with Gasteiger partial charge in [-0.25, -0.2) is 0 Å². The monoisotopic (exact) mass is 300 g/mol. The molecule has 0 fully saturated rings. The molecule has 1 aromatic heterocycles. The fourth-order valence-electron chi connectivity index (χ4n) is 2.72. The smallest absolute Gasteiger partial charge is 0.0363 e. The number of fused-ring (bicyclic) bond motifs is 1. The van der Waals surface area contributed by atoms with Gasteiger partial charge in [-0.2, -0.15) is 0 Å². The van der Waals surface area contributed by atoms with Gasteiger partial charge >= 0.3 is 0 Å². The maximum absolute atomic E-state index is 3.58. The molecular weight excluding hydrogens is 276 g/mol. The molecule has 2 aromatic rings. The van der Waals surface area contributed by atoms with E-state index < -0.39 is 0 Å². The van der Waals surface area contributed by atoms with E-state index in [4.69, 9.17) is 0 Å². The second-order valence-electron chi connectivity index (χ2n) is 6.81. The number of aromatic nitrogens is 1. The fraction of sp³-hybridized carbons (Fsp3) is 0.444. The van der Waals surface area contributed by atoms with Gasteiger partial charge in [-0.1, -0.05) is 18.2 Å². The Morgan fingerprint density at radius 1 is 1.19 bits per heavy atom. The van der Waals surface area contributed by atoms with Crippen LogP contribution < -0.4 is 5.32 Å². The molecule has 0 saturated carbocycles. The van der Waals surface area contributed by atoms with Gasteiger partial charge in [0, 0.05) is 40.7 Å². The van der Waals surface area contributed by atoms with E-state index in [0.29, 0.717) is 5.25 Å². The molecule has 0 aliphatic carbocycles. The van der Waals surface area contributed by atoms with Crippen LogP contribution in [0.1, 0.15) is 32.0 Å². The standard InChI is InChI=1S/C18H24N2S/c1-18(2,3)19-12-15-8-6-10-20(15)13-16-11-14-7-4-5-9-17(14)21-16/h4-10,16,19H,11-13H2,1-3H3. The van der Waals surface area contributed by atoms with Crippen LogP contribution in [-0.4, -0.2) is 15.4 Å². The first-order valence-corrected chi connectivity index (χ1v) is 8.53. The zero-order valence-electron chi connectivity index (χ0n) is 13.1. The Morgan fingerprint density at radius 3 is 2.76 bits per heavy atom. The minimum absolute atomic E-state index is 0.160. The molecule has 0 radical (unpaired) electrons. The van der Waals surface area contributed by atoms with E-state index in [9.17, 15) is 0 Å². The van der Waals surface area contributed by atoms with E-state index in [2.05, 4.69) is 73.3 Å². The zero-order valence-corrected chi connectivity index (χ0v) is 13.9. The van der Waals surface area contributed by atoms with Crippen LogP contribution in [0, 0.1) is 0 Å². The quantitative estimate of drug-likeness (QED) is 0.916. The third-order valence-corrected chi connectivity index (χ3v) is 5.14. The van der Waals surface area contributed by atoms with E-state index in [-0.39, 0.29) is 5.54 Å². The van der Waals surface area contributed by atoms with Gasteiger partial charge in [-0.15, -0.1) is 11.8 Å². The number of rotatable bonds is 4. The van der Waals surface area contributed by atoms with Crippen molar-refractivity contribution in [1.82, 2.24) is 9.88 Å².